The molecule has 188 valence electrons. The molecule has 0 spiro atoms. The van der Waals surface area contributed by atoms with Crippen LogP contribution in [0.1, 0.15) is 52.5 Å². The third-order valence-corrected chi connectivity index (χ3v) is 8.48. The molecule has 1 saturated carbocycles. The molecule has 1 aliphatic carbocycles. The van der Waals surface area contributed by atoms with Crippen molar-refractivity contribution in [3.05, 3.63) is 23.8 Å². The molecule has 1 amide bonds. The minimum Gasteiger partial charge on any atom is -0.487 e. The lowest BCUT2D eigenvalue weighted by atomic mass is 9.84. The fourth-order valence-electron chi connectivity index (χ4n) is 4.07. The average molecular weight is 493 g/mol. The van der Waals surface area contributed by atoms with Crippen LogP contribution in [0.5, 0.6) is 5.75 Å². The molecule has 8 nitrogen and oxygen atoms in total. The Morgan fingerprint density at radius 3 is 2.59 bits per heavy atom. The molecule has 0 bridgehead atoms. The molecule has 0 saturated heterocycles. The van der Waals surface area contributed by atoms with E-state index in [1.807, 2.05) is 6.92 Å². The number of likely N-dealkylation sites (N-methyl/N-ethyl adjacent to an activating group) is 1. The predicted molar refractivity (Wildman–Crippen MR) is 129 cm³/mol. The third kappa shape index (κ3) is 5.92. The van der Waals surface area contributed by atoms with E-state index in [1.165, 1.54) is 10.4 Å². The van der Waals surface area contributed by atoms with Crippen LogP contribution in [-0.2, 0) is 14.8 Å². The molecule has 1 heterocycles. The van der Waals surface area contributed by atoms with Crippen molar-refractivity contribution in [1.29, 1.82) is 0 Å². The van der Waals surface area contributed by atoms with Gasteiger partial charge < -0.3 is 19.8 Å². The molecular formula is C25H36N2O6S. The van der Waals surface area contributed by atoms with E-state index in [-0.39, 0.29) is 41.5 Å². The van der Waals surface area contributed by atoms with Gasteiger partial charge in [0.15, 0.2) is 0 Å². The van der Waals surface area contributed by atoms with Gasteiger partial charge in [-0.05, 0) is 51.8 Å². The summed E-state index contributed by atoms with van der Waals surface area (Å²) in [5.74, 6) is 5.63. The van der Waals surface area contributed by atoms with Gasteiger partial charge in [-0.1, -0.05) is 25.2 Å². The van der Waals surface area contributed by atoms with Crippen LogP contribution in [0.2, 0.25) is 0 Å². The van der Waals surface area contributed by atoms with Crippen LogP contribution >= 0.6 is 0 Å². The van der Waals surface area contributed by atoms with E-state index in [4.69, 9.17) is 4.74 Å². The number of rotatable bonds is 5. The van der Waals surface area contributed by atoms with Crippen LogP contribution in [0.4, 0.5) is 0 Å². The van der Waals surface area contributed by atoms with Gasteiger partial charge in [-0.25, -0.2) is 8.42 Å². The fraction of sp³-hybridized carbons (Fsp3) is 0.640. The summed E-state index contributed by atoms with van der Waals surface area (Å²) in [6, 6.07) is 3.97. The molecule has 9 heteroatoms. The van der Waals surface area contributed by atoms with E-state index in [0.717, 1.165) is 19.3 Å². The van der Waals surface area contributed by atoms with Crippen LogP contribution in [0.25, 0.3) is 0 Å². The fourth-order valence-corrected chi connectivity index (χ4v) is 5.90. The molecule has 0 radical (unpaired) electrons. The zero-order chi connectivity index (χ0) is 25.3. The maximum absolute atomic E-state index is 13.5. The Morgan fingerprint density at radius 2 is 2.03 bits per heavy atom. The molecule has 3 atom stereocenters. The van der Waals surface area contributed by atoms with Gasteiger partial charge in [-0.2, -0.15) is 4.31 Å². The summed E-state index contributed by atoms with van der Waals surface area (Å²) in [5, 5.41) is 19.7. The Balaban J connectivity index is 2.02. The van der Waals surface area contributed by atoms with E-state index in [9.17, 15) is 23.4 Å². The zero-order valence-electron chi connectivity index (χ0n) is 20.6. The van der Waals surface area contributed by atoms with Gasteiger partial charge in [0.05, 0.1) is 13.2 Å². The number of hydrogen-bond acceptors (Lipinski definition) is 6. The monoisotopic (exact) mass is 492 g/mol. The molecule has 1 aromatic rings. The van der Waals surface area contributed by atoms with Crippen molar-refractivity contribution in [2.75, 3.05) is 26.7 Å². The standard InChI is InChI=1S/C25H36N2O6S/c1-17-14-27(18(2)16-28)34(31,32)23-10-9-19(11-12-25(3,4)30)13-21(23)33-22(17)15-26(5)24(29)20-7-6-8-20/h9-10,13,17-18,20,22,28,30H,6-8,14-16H2,1-5H3/t17-,18-,22+/m0/s1. The van der Waals surface area contributed by atoms with Crippen molar-refractivity contribution >= 4 is 15.9 Å². The van der Waals surface area contributed by atoms with Crippen LogP contribution in [0, 0.1) is 23.7 Å². The smallest absolute Gasteiger partial charge is 0.247 e. The first-order valence-corrected chi connectivity index (χ1v) is 13.2. The molecule has 0 unspecified atom stereocenters. The summed E-state index contributed by atoms with van der Waals surface area (Å²) in [6.07, 6.45) is 2.40. The van der Waals surface area contributed by atoms with Gasteiger partial charge in [0.2, 0.25) is 15.9 Å². The number of amides is 1. The van der Waals surface area contributed by atoms with E-state index in [2.05, 4.69) is 11.8 Å². The number of aliphatic hydroxyl groups excluding tert-OH is 1. The number of ether oxygens (including phenoxy) is 1. The van der Waals surface area contributed by atoms with E-state index >= 15 is 0 Å². The topological polar surface area (TPSA) is 107 Å². The number of nitrogens with zero attached hydrogens (tertiary/aromatic N) is 2. The average Bonchev–Trinajstić information content (AvgIpc) is 2.72. The number of hydrogen-bond donors (Lipinski definition) is 2. The molecule has 3 rings (SSSR count). The van der Waals surface area contributed by atoms with E-state index < -0.39 is 27.8 Å². The highest BCUT2D eigenvalue weighted by atomic mass is 32.2. The second kappa shape index (κ2) is 10.2. The SMILES string of the molecule is C[C@H]1CN([C@@H](C)CO)S(=O)(=O)c2ccc(C#CC(C)(C)O)cc2O[C@@H]1CN(C)C(=O)C1CCC1. The Hall–Kier alpha value is -2.12. The lowest BCUT2D eigenvalue weighted by Crippen LogP contribution is -2.50. The molecule has 1 aliphatic heterocycles. The largest absolute Gasteiger partial charge is 0.487 e. The number of aliphatic hydroxyl groups is 2. The Bertz CT molecular complexity index is 1070. The number of sulfonamides is 1. The summed E-state index contributed by atoms with van der Waals surface area (Å²) in [6.45, 7) is 6.84. The molecular weight excluding hydrogens is 456 g/mol. The number of carbonyl (C=O) groups excluding carboxylic acids is 1. The Labute approximate surface area is 202 Å². The van der Waals surface area contributed by atoms with Crippen LogP contribution in [-0.4, -0.2) is 78.2 Å². The van der Waals surface area contributed by atoms with Crippen molar-refractivity contribution in [2.24, 2.45) is 11.8 Å². The predicted octanol–water partition coefficient (Wildman–Crippen LogP) is 1.84. The first-order valence-electron chi connectivity index (χ1n) is 11.8. The van der Waals surface area contributed by atoms with Gasteiger partial charge >= 0.3 is 0 Å². The first kappa shape index (κ1) is 26.5. The molecule has 2 aliphatic rings. The summed E-state index contributed by atoms with van der Waals surface area (Å²) in [4.78, 5) is 14.4. The normalized spacial score (nSPS) is 23.7. The van der Waals surface area contributed by atoms with Gasteiger partial charge in [0, 0.05) is 37.0 Å². The second-order valence-electron chi connectivity index (χ2n) is 10.1. The van der Waals surface area contributed by atoms with Crippen molar-refractivity contribution in [2.45, 2.75) is 69.6 Å². The highest BCUT2D eigenvalue weighted by Gasteiger charge is 2.39. The lowest BCUT2D eigenvalue weighted by molar-refractivity contribution is -0.138. The van der Waals surface area contributed by atoms with Gasteiger partial charge in [0.25, 0.3) is 0 Å². The van der Waals surface area contributed by atoms with Crippen molar-refractivity contribution in [3.63, 3.8) is 0 Å². The maximum atomic E-state index is 13.5. The summed E-state index contributed by atoms with van der Waals surface area (Å²) < 4.78 is 34.6. The second-order valence-corrected chi connectivity index (χ2v) is 11.9. The zero-order valence-corrected chi connectivity index (χ0v) is 21.4. The quantitative estimate of drug-likeness (QED) is 0.608. The van der Waals surface area contributed by atoms with Crippen molar-refractivity contribution in [3.8, 4) is 17.6 Å². The highest BCUT2D eigenvalue weighted by Crippen LogP contribution is 2.35. The Morgan fingerprint density at radius 1 is 1.35 bits per heavy atom. The number of carbonyl (C=O) groups is 1. The van der Waals surface area contributed by atoms with Crippen LogP contribution < -0.4 is 4.74 Å². The summed E-state index contributed by atoms with van der Waals surface area (Å²) >= 11 is 0. The number of fused-ring (bicyclic) bond motifs is 1. The molecule has 0 aromatic heterocycles. The van der Waals surface area contributed by atoms with Gasteiger partial charge in [-0.15, -0.1) is 0 Å². The van der Waals surface area contributed by atoms with Crippen LogP contribution in [0.3, 0.4) is 0 Å². The minimum absolute atomic E-state index is 0.00789. The van der Waals surface area contributed by atoms with Gasteiger partial charge in [-0.3, -0.25) is 4.79 Å². The minimum atomic E-state index is -3.95. The molecule has 34 heavy (non-hydrogen) atoms. The summed E-state index contributed by atoms with van der Waals surface area (Å²) in [7, 11) is -2.20. The van der Waals surface area contributed by atoms with E-state index in [0.29, 0.717) is 12.1 Å². The van der Waals surface area contributed by atoms with Crippen LogP contribution in [0.15, 0.2) is 23.1 Å². The van der Waals surface area contributed by atoms with E-state index in [1.54, 1.807) is 44.9 Å². The third-order valence-electron chi connectivity index (χ3n) is 6.46. The summed E-state index contributed by atoms with van der Waals surface area (Å²) in [5.41, 5.74) is -0.699. The maximum Gasteiger partial charge on any atom is 0.247 e. The lowest BCUT2D eigenvalue weighted by Gasteiger charge is -2.38. The Kier molecular flexibility index (Phi) is 7.98. The molecule has 2 N–H and O–H groups in total. The van der Waals surface area contributed by atoms with Crippen molar-refractivity contribution in [1.82, 2.24) is 9.21 Å². The molecule has 1 aromatic carbocycles. The molecule has 1 fully saturated rings. The first-order chi connectivity index (χ1) is 15.8. The van der Waals surface area contributed by atoms with Crippen molar-refractivity contribution < 1.29 is 28.2 Å². The highest BCUT2D eigenvalue weighted by molar-refractivity contribution is 7.89. The van der Waals surface area contributed by atoms with Gasteiger partial charge in [0.1, 0.15) is 22.4 Å². The number of benzene rings is 1.